The normalized spacial score (nSPS) is 11.8. The van der Waals surface area contributed by atoms with E-state index in [0.29, 0.717) is 0 Å². The molecular formula is C20H36BrNO3S. The first-order valence-corrected chi connectivity index (χ1v) is 12.1. The maximum Gasteiger partial charge on any atom is 0.124 e. The van der Waals surface area contributed by atoms with Gasteiger partial charge in [0.2, 0.25) is 0 Å². The van der Waals surface area contributed by atoms with E-state index in [9.17, 15) is 13.0 Å². The molecule has 1 rings (SSSR count). The molecule has 0 atom stereocenters. The number of hydrogen-bond acceptors (Lipinski definition) is 3. The van der Waals surface area contributed by atoms with E-state index in [1.165, 1.54) is 74.7 Å². The van der Waals surface area contributed by atoms with E-state index in [4.69, 9.17) is 0 Å². The lowest BCUT2D eigenvalue weighted by atomic mass is 10.1. The van der Waals surface area contributed by atoms with Gasteiger partial charge in [-0.05, 0) is 31.9 Å². The first-order valence-electron chi connectivity index (χ1n) is 9.53. The number of unbranched alkanes of at least 4 members (excludes halogenated alkanes) is 5. The van der Waals surface area contributed by atoms with Gasteiger partial charge in [0.25, 0.3) is 0 Å². The number of nitrogens with zero attached hydrogens (tertiary/aromatic N) is 1. The van der Waals surface area contributed by atoms with Gasteiger partial charge in [-0.1, -0.05) is 66.2 Å². The maximum absolute atomic E-state index is 10.4. The molecule has 0 radical (unpaired) electrons. The quantitative estimate of drug-likeness (QED) is 0.204. The highest BCUT2D eigenvalue weighted by atomic mass is 79.9. The van der Waals surface area contributed by atoms with Gasteiger partial charge in [0.15, 0.2) is 0 Å². The Morgan fingerprint density at radius 1 is 0.923 bits per heavy atom. The zero-order valence-corrected chi connectivity index (χ0v) is 19.2. The summed E-state index contributed by atoms with van der Waals surface area (Å²) in [6.45, 7) is 6.75. The van der Waals surface area contributed by atoms with Crippen LogP contribution >= 0.6 is 15.9 Å². The number of aryl methyl sites for hydroxylation is 1. The molecule has 0 heterocycles. The summed E-state index contributed by atoms with van der Waals surface area (Å²) in [6.07, 6.45) is 9.77. The van der Waals surface area contributed by atoms with Crippen molar-refractivity contribution in [2.24, 2.45) is 0 Å². The molecule has 1 aromatic rings. The largest absolute Gasteiger partial charge is 0.744 e. The number of quaternary nitrogens is 1. The Morgan fingerprint density at radius 2 is 1.42 bits per heavy atom. The van der Waals surface area contributed by atoms with Crippen molar-refractivity contribution in [2.45, 2.75) is 63.7 Å². The molecular weight excluding hydrogens is 414 g/mol. The van der Waals surface area contributed by atoms with E-state index >= 15 is 0 Å². The van der Waals surface area contributed by atoms with Gasteiger partial charge in [-0.3, -0.25) is 0 Å². The fourth-order valence-electron chi connectivity index (χ4n) is 2.62. The average Bonchev–Trinajstić information content (AvgIpc) is 2.56. The van der Waals surface area contributed by atoms with Gasteiger partial charge < -0.3 is 9.04 Å². The van der Waals surface area contributed by atoms with Crippen molar-refractivity contribution in [1.82, 2.24) is 0 Å². The van der Waals surface area contributed by atoms with E-state index in [0.717, 1.165) is 10.9 Å². The third-order valence-electron chi connectivity index (χ3n) is 4.32. The van der Waals surface area contributed by atoms with Crippen LogP contribution in [0.25, 0.3) is 0 Å². The number of halogens is 1. The van der Waals surface area contributed by atoms with E-state index in [2.05, 4.69) is 36.9 Å². The zero-order chi connectivity index (χ0) is 20.1. The Morgan fingerprint density at radius 3 is 1.92 bits per heavy atom. The smallest absolute Gasteiger partial charge is 0.124 e. The third kappa shape index (κ3) is 13.7. The molecule has 26 heavy (non-hydrogen) atoms. The molecule has 0 aliphatic heterocycles. The van der Waals surface area contributed by atoms with E-state index in [-0.39, 0.29) is 4.90 Å². The summed E-state index contributed by atoms with van der Waals surface area (Å²) < 4.78 is 32.4. The Kier molecular flexibility index (Phi) is 13.5. The van der Waals surface area contributed by atoms with Crippen LogP contribution in [-0.2, 0) is 10.1 Å². The second-order valence-electron chi connectivity index (χ2n) is 7.46. The second kappa shape index (κ2) is 13.7. The summed E-state index contributed by atoms with van der Waals surface area (Å²) in [4.78, 5) is -0.178. The van der Waals surface area contributed by atoms with Crippen LogP contribution in [-0.4, -0.2) is 50.0 Å². The van der Waals surface area contributed by atoms with Crippen molar-refractivity contribution in [1.29, 1.82) is 0 Å². The standard InChI is InChI=1S/C13H29BrN.C7H8O3S/c1-4-5-6-7-8-9-12-15(2,3)13-10-11-14;1-6-2-4-7(5-3-6)11(8,9)10/h4-13H2,1-3H3;2-5H,1H3,(H,8,9,10)/q+1;/p-1. The highest BCUT2D eigenvalue weighted by Crippen LogP contribution is 2.09. The molecule has 0 unspecified atom stereocenters. The van der Waals surface area contributed by atoms with Crippen molar-refractivity contribution in [2.75, 3.05) is 32.5 Å². The summed E-state index contributed by atoms with van der Waals surface area (Å²) in [6, 6.07) is 5.78. The lowest BCUT2D eigenvalue weighted by molar-refractivity contribution is -0.890. The lowest BCUT2D eigenvalue weighted by Gasteiger charge is -2.29. The van der Waals surface area contributed by atoms with Gasteiger partial charge in [-0.25, -0.2) is 8.42 Å². The van der Waals surface area contributed by atoms with Crippen molar-refractivity contribution in [3.63, 3.8) is 0 Å². The van der Waals surface area contributed by atoms with Crippen molar-refractivity contribution < 1.29 is 17.5 Å². The highest BCUT2D eigenvalue weighted by molar-refractivity contribution is 9.09. The molecule has 0 saturated carbocycles. The van der Waals surface area contributed by atoms with E-state index in [1.807, 2.05) is 6.92 Å². The number of hydrogen-bond donors (Lipinski definition) is 0. The van der Waals surface area contributed by atoms with Crippen LogP contribution in [0, 0.1) is 6.92 Å². The van der Waals surface area contributed by atoms with Crippen molar-refractivity contribution in [3.05, 3.63) is 29.8 Å². The van der Waals surface area contributed by atoms with Crippen LogP contribution in [0.4, 0.5) is 0 Å². The molecule has 0 aliphatic carbocycles. The number of benzene rings is 1. The van der Waals surface area contributed by atoms with Crippen molar-refractivity contribution in [3.8, 4) is 0 Å². The molecule has 0 bridgehead atoms. The molecule has 0 aliphatic rings. The van der Waals surface area contributed by atoms with Crippen LogP contribution in [0.3, 0.4) is 0 Å². The Balaban J connectivity index is 0.000000502. The summed E-state index contributed by atoms with van der Waals surface area (Å²) in [5.74, 6) is 0. The third-order valence-corrected chi connectivity index (χ3v) is 5.73. The lowest BCUT2D eigenvalue weighted by Crippen LogP contribution is -2.41. The number of rotatable bonds is 11. The topological polar surface area (TPSA) is 57.2 Å². The Hall–Kier alpha value is -0.430. The molecule has 152 valence electrons. The Bertz CT molecular complexity index is 571. The van der Waals surface area contributed by atoms with Crippen LogP contribution in [0.15, 0.2) is 29.2 Å². The van der Waals surface area contributed by atoms with Crippen LogP contribution in [0.5, 0.6) is 0 Å². The summed E-state index contributed by atoms with van der Waals surface area (Å²) in [5.41, 5.74) is 0.928. The first-order chi connectivity index (χ1) is 12.1. The molecule has 0 saturated heterocycles. The van der Waals surface area contributed by atoms with Crippen LogP contribution in [0.1, 0.15) is 57.4 Å². The van der Waals surface area contributed by atoms with Gasteiger partial charge in [0, 0.05) is 11.8 Å². The maximum atomic E-state index is 10.4. The zero-order valence-electron chi connectivity index (χ0n) is 16.8. The van der Waals surface area contributed by atoms with Crippen molar-refractivity contribution >= 4 is 26.0 Å². The minimum absolute atomic E-state index is 0.178. The first kappa shape index (κ1) is 25.6. The summed E-state index contributed by atoms with van der Waals surface area (Å²) in [7, 11) is 0.442. The van der Waals surface area contributed by atoms with Gasteiger partial charge in [0.05, 0.1) is 32.1 Å². The van der Waals surface area contributed by atoms with Gasteiger partial charge in [-0.15, -0.1) is 0 Å². The van der Waals surface area contributed by atoms with Crippen LogP contribution < -0.4 is 0 Å². The van der Waals surface area contributed by atoms with Gasteiger partial charge in [0.1, 0.15) is 10.1 Å². The predicted molar refractivity (Wildman–Crippen MR) is 113 cm³/mol. The Labute approximate surface area is 169 Å². The second-order valence-corrected chi connectivity index (χ2v) is 9.63. The molecule has 1 aromatic carbocycles. The fraction of sp³-hybridized carbons (Fsp3) is 0.700. The van der Waals surface area contributed by atoms with E-state index in [1.54, 1.807) is 12.1 Å². The minimum Gasteiger partial charge on any atom is -0.744 e. The monoisotopic (exact) mass is 449 g/mol. The molecule has 0 aromatic heterocycles. The fourth-order valence-corrected chi connectivity index (χ4v) is 3.34. The van der Waals surface area contributed by atoms with Gasteiger partial charge in [-0.2, -0.15) is 0 Å². The molecule has 0 fully saturated rings. The van der Waals surface area contributed by atoms with Crippen LogP contribution in [0.2, 0.25) is 0 Å². The molecule has 0 spiro atoms. The molecule has 0 amide bonds. The van der Waals surface area contributed by atoms with Gasteiger partial charge >= 0.3 is 0 Å². The highest BCUT2D eigenvalue weighted by Gasteiger charge is 2.12. The predicted octanol–water partition coefficient (Wildman–Crippen LogP) is 5.11. The molecule has 0 N–H and O–H groups in total. The molecule has 6 heteroatoms. The average molecular weight is 450 g/mol. The SMILES string of the molecule is CCCCCCCC[N+](C)(C)CCCBr.Cc1ccc(S(=O)(=O)[O-])cc1. The van der Waals surface area contributed by atoms with E-state index < -0.39 is 10.1 Å². The molecule has 4 nitrogen and oxygen atoms in total. The summed E-state index contributed by atoms with van der Waals surface area (Å²) >= 11 is 3.50. The minimum atomic E-state index is -4.27. The summed E-state index contributed by atoms with van der Waals surface area (Å²) in [5, 5.41) is 1.14. The number of alkyl halides is 1.